The quantitative estimate of drug-likeness (QED) is 0.876. The van der Waals surface area contributed by atoms with Gasteiger partial charge in [0.05, 0.1) is 0 Å². The predicted molar refractivity (Wildman–Crippen MR) is 69.1 cm³/mol. The molecule has 0 radical (unpaired) electrons. The Labute approximate surface area is 109 Å². The molecule has 0 saturated carbocycles. The molecule has 1 heterocycles. The van der Waals surface area contributed by atoms with Crippen LogP contribution in [0.3, 0.4) is 0 Å². The number of halogens is 1. The van der Waals surface area contributed by atoms with Crippen molar-refractivity contribution in [1.82, 2.24) is 15.5 Å². The van der Waals surface area contributed by atoms with E-state index in [0.29, 0.717) is 17.9 Å². The van der Waals surface area contributed by atoms with Crippen LogP contribution in [-0.2, 0) is 6.54 Å². The topological polar surface area (TPSA) is 66.9 Å². The van der Waals surface area contributed by atoms with Crippen LogP contribution in [0, 0.1) is 5.82 Å². The van der Waals surface area contributed by atoms with E-state index in [1.54, 1.807) is 30.3 Å². The van der Waals surface area contributed by atoms with E-state index in [2.05, 4.69) is 20.8 Å². The van der Waals surface area contributed by atoms with Gasteiger partial charge < -0.3 is 10.6 Å². The van der Waals surface area contributed by atoms with Crippen LogP contribution in [0.1, 0.15) is 16.1 Å². The molecule has 5 nitrogen and oxygen atoms in total. The summed E-state index contributed by atoms with van der Waals surface area (Å²) in [5.41, 5.74) is 0.776. The molecule has 0 saturated heterocycles. The maximum atomic E-state index is 13.4. The second-order valence-corrected chi connectivity index (χ2v) is 3.83. The molecule has 0 bridgehead atoms. The lowest BCUT2D eigenvalue weighted by atomic mass is 10.2. The number of hydrogen-bond donors (Lipinski definition) is 2. The van der Waals surface area contributed by atoms with Crippen LogP contribution in [0.5, 0.6) is 0 Å². The van der Waals surface area contributed by atoms with Crippen LogP contribution in [0.4, 0.5) is 10.2 Å². The minimum atomic E-state index is -0.298. The largest absolute Gasteiger partial charge is 0.364 e. The van der Waals surface area contributed by atoms with Crippen molar-refractivity contribution in [3.05, 3.63) is 53.5 Å². The van der Waals surface area contributed by atoms with Crippen LogP contribution in [-0.4, -0.2) is 23.2 Å². The lowest BCUT2D eigenvalue weighted by molar-refractivity contribution is 0.0957. The first kappa shape index (κ1) is 12.9. The number of anilines is 1. The fraction of sp³-hybridized carbons (Fsp3) is 0.154. The number of carbonyl (C=O) groups excluding carboxylic acids is 1. The zero-order valence-corrected chi connectivity index (χ0v) is 10.4. The molecule has 98 valence electrons. The van der Waals surface area contributed by atoms with Gasteiger partial charge in [0.2, 0.25) is 0 Å². The highest BCUT2D eigenvalue weighted by Gasteiger charge is 2.06. The van der Waals surface area contributed by atoms with E-state index >= 15 is 0 Å². The van der Waals surface area contributed by atoms with Crippen LogP contribution in [0.2, 0.25) is 0 Å². The van der Waals surface area contributed by atoms with E-state index in [4.69, 9.17) is 0 Å². The summed E-state index contributed by atoms with van der Waals surface area (Å²) in [5.74, 6) is -0.0889. The molecule has 0 fully saturated rings. The summed E-state index contributed by atoms with van der Waals surface area (Å²) in [5, 5.41) is 13.0. The zero-order chi connectivity index (χ0) is 13.7. The molecular weight excluding hydrogens is 247 g/mol. The molecule has 1 aromatic carbocycles. The smallest absolute Gasteiger partial charge is 0.271 e. The Balaban J connectivity index is 2.01. The predicted octanol–water partition coefficient (Wildman–Crippen LogP) is 1.59. The molecule has 0 aliphatic carbocycles. The fourth-order valence-electron chi connectivity index (χ4n) is 1.50. The first-order valence-corrected chi connectivity index (χ1v) is 5.74. The van der Waals surface area contributed by atoms with Gasteiger partial charge in [0.1, 0.15) is 11.6 Å². The van der Waals surface area contributed by atoms with Crippen LogP contribution in [0.25, 0.3) is 0 Å². The SMILES string of the molecule is CNC(=O)c1ccc(NCc2ccccc2F)nn1. The third-order valence-electron chi connectivity index (χ3n) is 2.54. The molecule has 2 N–H and O–H groups in total. The maximum Gasteiger partial charge on any atom is 0.271 e. The second-order valence-electron chi connectivity index (χ2n) is 3.83. The fourth-order valence-corrected chi connectivity index (χ4v) is 1.50. The maximum absolute atomic E-state index is 13.4. The highest BCUT2D eigenvalue weighted by Crippen LogP contribution is 2.09. The highest BCUT2D eigenvalue weighted by atomic mass is 19.1. The van der Waals surface area contributed by atoms with Crippen LogP contribution < -0.4 is 10.6 Å². The number of nitrogens with zero attached hydrogens (tertiary/aromatic N) is 2. The number of nitrogens with one attached hydrogen (secondary N) is 2. The van der Waals surface area contributed by atoms with Gasteiger partial charge in [0, 0.05) is 19.2 Å². The molecule has 1 amide bonds. The number of carbonyl (C=O) groups is 1. The van der Waals surface area contributed by atoms with Crippen molar-refractivity contribution in [2.75, 3.05) is 12.4 Å². The molecule has 2 rings (SSSR count). The molecule has 19 heavy (non-hydrogen) atoms. The molecule has 0 atom stereocenters. The Kier molecular flexibility index (Phi) is 4.02. The first-order chi connectivity index (χ1) is 9.20. The molecule has 0 aliphatic rings. The lowest BCUT2D eigenvalue weighted by Crippen LogP contribution is -2.19. The molecule has 6 heteroatoms. The Morgan fingerprint density at radius 1 is 1.21 bits per heavy atom. The summed E-state index contributed by atoms with van der Waals surface area (Å²) in [6.07, 6.45) is 0. The Hall–Kier alpha value is -2.50. The van der Waals surface area contributed by atoms with E-state index in [0.717, 1.165) is 0 Å². The van der Waals surface area contributed by atoms with Crippen LogP contribution in [0.15, 0.2) is 36.4 Å². The van der Waals surface area contributed by atoms with Gasteiger partial charge in [-0.1, -0.05) is 18.2 Å². The molecule has 2 aromatic rings. The molecular formula is C13H13FN4O. The monoisotopic (exact) mass is 260 g/mol. The molecule has 0 spiro atoms. The van der Waals surface area contributed by atoms with Crippen molar-refractivity contribution in [2.45, 2.75) is 6.54 Å². The van der Waals surface area contributed by atoms with Gasteiger partial charge in [0.25, 0.3) is 5.91 Å². The van der Waals surface area contributed by atoms with Crippen molar-refractivity contribution < 1.29 is 9.18 Å². The Bertz CT molecular complexity index is 571. The average Bonchev–Trinajstić information content (AvgIpc) is 2.46. The van der Waals surface area contributed by atoms with Crippen molar-refractivity contribution >= 4 is 11.7 Å². The normalized spacial score (nSPS) is 10.0. The van der Waals surface area contributed by atoms with Crippen molar-refractivity contribution in [3.63, 3.8) is 0 Å². The zero-order valence-electron chi connectivity index (χ0n) is 10.4. The van der Waals surface area contributed by atoms with Gasteiger partial charge in [-0.05, 0) is 18.2 Å². The van der Waals surface area contributed by atoms with Crippen molar-refractivity contribution in [2.24, 2.45) is 0 Å². The standard InChI is InChI=1S/C13H13FN4O/c1-15-13(19)11-6-7-12(18-17-11)16-8-9-4-2-3-5-10(9)14/h2-7H,8H2,1H3,(H,15,19)(H,16,18). The van der Waals surface area contributed by atoms with Crippen molar-refractivity contribution in [3.8, 4) is 0 Å². The van der Waals surface area contributed by atoms with Gasteiger partial charge in [-0.25, -0.2) is 4.39 Å². The Morgan fingerprint density at radius 2 is 2.00 bits per heavy atom. The summed E-state index contributed by atoms with van der Waals surface area (Å²) >= 11 is 0. The number of rotatable bonds is 4. The number of aromatic nitrogens is 2. The minimum Gasteiger partial charge on any atom is -0.364 e. The van der Waals surface area contributed by atoms with E-state index < -0.39 is 0 Å². The number of hydrogen-bond acceptors (Lipinski definition) is 4. The molecule has 0 unspecified atom stereocenters. The van der Waals surface area contributed by atoms with Gasteiger partial charge in [-0.15, -0.1) is 10.2 Å². The van der Waals surface area contributed by atoms with E-state index in [9.17, 15) is 9.18 Å². The van der Waals surface area contributed by atoms with E-state index in [1.165, 1.54) is 13.1 Å². The summed E-state index contributed by atoms with van der Waals surface area (Å²) in [6.45, 7) is 0.306. The molecule has 1 aromatic heterocycles. The van der Waals surface area contributed by atoms with Gasteiger partial charge in [0.15, 0.2) is 5.69 Å². The second kappa shape index (κ2) is 5.90. The average molecular weight is 260 g/mol. The van der Waals surface area contributed by atoms with Crippen LogP contribution >= 0.6 is 0 Å². The molecule has 0 aliphatic heterocycles. The van der Waals surface area contributed by atoms with Gasteiger partial charge in [-0.3, -0.25) is 4.79 Å². The van der Waals surface area contributed by atoms with Crippen molar-refractivity contribution in [1.29, 1.82) is 0 Å². The minimum absolute atomic E-state index is 0.235. The van der Waals surface area contributed by atoms with Gasteiger partial charge >= 0.3 is 0 Å². The summed E-state index contributed by atoms with van der Waals surface area (Å²) in [4.78, 5) is 11.3. The van der Waals surface area contributed by atoms with E-state index in [-0.39, 0.29) is 17.4 Å². The van der Waals surface area contributed by atoms with Gasteiger partial charge in [-0.2, -0.15) is 0 Å². The summed E-state index contributed by atoms with van der Waals surface area (Å²) < 4.78 is 13.4. The van der Waals surface area contributed by atoms with E-state index in [1.807, 2.05) is 0 Å². The Morgan fingerprint density at radius 3 is 2.63 bits per heavy atom. The third kappa shape index (κ3) is 3.25. The third-order valence-corrected chi connectivity index (χ3v) is 2.54. The summed E-state index contributed by atoms with van der Waals surface area (Å²) in [7, 11) is 1.52. The summed E-state index contributed by atoms with van der Waals surface area (Å²) in [6, 6.07) is 9.66. The number of amides is 1. The highest BCUT2D eigenvalue weighted by molar-refractivity contribution is 5.91. The first-order valence-electron chi connectivity index (χ1n) is 5.74. The lowest BCUT2D eigenvalue weighted by Gasteiger charge is -2.06. The number of benzene rings is 1.